The molecule has 0 saturated carbocycles. The van der Waals surface area contributed by atoms with Gasteiger partial charge in [0.25, 0.3) is 0 Å². The maximum atomic E-state index is 13.3. The molecule has 0 N–H and O–H groups in total. The Labute approximate surface area is 119 Å². The lowest BCUT2D eigenvalue weighted by molar-refractivity contribution is 0.304. The molecular formula is C14H11BrClFO. The van der Waals surface area contributed by atoms with Crippen LogP contribution in [0.4, 0.5) is 4.39 Å². The van der Waals surface area contributed by atoms with E-state index in [1.165, 1.54) is 6.07 Å². The number of halogens is 3. The van der Waals surface area contributed by atoms with Gasteiger partial charge in [-0.1, -0.05) is 24.3 Å². The van der Waals surface area contributed by atoms with Gasteiger partial charge in [0, 0.05) is 11.4 Å². The summed E-state index contributed by atoms with van der Waals surface area (Å²) >= 11 is 8.96. The molecule has 0 radical (unpaired) electrons. The molecule has 0 spiro atoms. The van der Waals surface area contributed by atoms with Crippen molar-refractivity contribution in [3.05, 3.63) is 63.9 Å². The van der Waals surface area contributed by atoms with E-state index >= 15 is 0 Å². The first-order chi connectivity index (χ1) is 8.70. The lowest BCUT2D eigenvalue weighted by atomic mass is 10.2. The van der Waals surface area contributed by atoms with Crippen molar-refractivity contribution in [1.29, 1.82) is 0 Å². The molecule has 2 rings (SSSR count). The number of alkyl halides is 1. The SMILES string of the molecule is Fc1cccc(COc2cccc(CCl)c2)c1Br. The van der Waals surface area contributed by atoms with Crippen LogP contribution in [-0.4, -0.2) is 0 Å². The van der Waals surface area contributed by atoms with Crippen molar-refractivity contribution < 1.29 is 9.13 Å². The highest BCUT2D eigenvalue weighted by atomic mass is 79.9. The van der Waals surface area contributed by atoms with E-state index in [4.69, 9.17) is 16.3 Å². The normalized spacial score (nSPS) is 10.4. The summed E-state index contributed by atoms with van der Waals surface area (Å²) in [5, 5.41) is 0. The Morgan fingerprint density at radius 2 is 1.94 bits per heavy atom. The predicted octanol–water partition coefficient (Wildman–Crippen LogP) is 4.91. The molecule has 4 heteroatoms. The van der Waals surface area contributed by atoms with E-state index in [0.717, 1.165) is 16.9 Å². The molecule has 0 heterocycles. The largest absolute Gasteiger partial charge is 0.489 e. The van der Waals surface area contributed by atoms with Crippen LogP contribution in [0, 0.1) is 5.82 Å². The quantitative estimate of drug-likeness (QED) is 0.725. The van der Waals surface area contributed by atoms with Gasteiger partial charge in [-0.05, 0) is 39.7 Å². The van der Waals surface area contributed by atoms with Gasteiger partial charge < -0.3 is 4.74 Å². The van der Waals surface area contributed by atoms with Gasteiger partial charge in [0.15, 0.2) is 0 Å². The van der Waals surface area contributed by atoms with E-state index in [9.17, 15) is 4.39 Å². The van der Waals surface area contributed by atoms with Crippen molar-refractivity contribution in [2.75, 3.05) is 0 Å². The smallest absolute Gasteiger partial charge is 0.137 e. The molecule has 18 heavy (non-hydrogen) atoms. The molecule has 0 unspecified atom stereocenters. The summed E-state index contributed by atoms with van der Waals surface area (Å²) in [7, 11) is 0. The summed E-state index contributed by atoms with van der Waals surface area (Å²) in [6.07, 6.45) is 0. The molecule has 0 amide bonds. The molecule has 0 aromatic heterocycles. The highest BCUT2D eigenvalue weighted by molar-refractivity contribution is 9.10. The summed E-state index contributed by atoms with van der Waals surface area (Å²) in [6, 6.07) is 12.4. The maximum Gasteiger partial charge on any atom is 0.137 e. The fraction of sp³-hybridized carbons (Fsp3) is 0.143. The van der Waals surface area contributed by atoms with Crippen LogP contribution in [0.15, 0.2) is 46.9 Å². The van der Waals surface area contributed by atoms with Crippen LogP contribution in [0.1, 0.15) is 11.1 Å². The molecule has 2 aromatic rings. The Bertz CT molecular complexity index is 545. The van der Waals surface area contributed by atoms with Crippen LogP contribution in [0.2, 0.25) is 0 Å². The fourth-order valence-corrected chi connectivity index (χ4v) is 2.08. The molecule has 0 atom stereocenters. The zero-order chi connectivity index (χ0) is 13.0. The Morgan fingerprint density at radius 1 is 1.17 bits per heavy atom. The van der Waals surface area contributed by atoms with E-state index in [-0.39, 0.29) is 5.82 Å². The van der Waals surface area contributed by atoms with Crippen molar-refractivity contribution in [2.45, 2.75) is 12.5 Å². The number of hydrogen-bond acceptors (Lipinski definition) is 1. The first kappa shape index (κ1) is 13.4. The molecule has 94 valence electrons. The summed E-state index contributed by atoms with van der Waals surface area (Å²) in [5.41, 5.74) is 1.76. The third kappa shape index (κ3) is 3.24. The zero-order valence-corrected chi connectivity index (χ0v) is 11.8. The lowest BCUT2D eigenvalue weighted by Gasteiger charge is -2.09. The van der Waals surface area contributed by atoms with Gasteiger partial charge in [0.05, 0.1) is 4.47 Å². The monoisotopic (exact) mass is 328 g/mol. The fourth-order valence-electron chi connectivity index (χ4n) is 1.54. The molecular weight excluding hydrogens is 319 g/mol. The standard InChI is InChI=1S/C14H11BrClFO/c15-14-11(4-2-6-13(14)17)9-18-12-5-1-3-10(7-12)8-16/h1-7H,8-9H2. The van der Waals surface area contributed by atoms with Gasteiger partial charge in [0.2, 0.25) is 0 Å². The zero-order valence-electron chi connectivity index (χ0n) is 9.50. The van der Waals surface area contributed by atoms with Crippen molar-refractivity contribution in [2.24, 2.45) is 0 Å². The molecule has 0 saturated heterocycles. The minimum absolute atomic E-state index is 0.286. The van der Waals surface area contributed by atoms with Crippen LogP contribution in [0.25, 0.3) is 0 Å². The minimum Gasteiger partial charge on any atom is -0.489 e. The van der Waals surface area contributed by atoms with Gasteiger partial charge in [-0.3, -0.25) is 0 Å². The summed E-state index contributed by atoms with van der Waals surface area (Å²) in [5.74, 6) is 0.885. The van der Waals surface area contributed by atoms with E-state index in [1.807, 2.05) is 30.3 Å². The van der Waals surface area contributed by atoms with Crippen molar-refractivity contribution in [1.82, 2.24) is 0 Å². The number of rotatable bonds is 4. The summed E-state index contributed by atoms with van der Waals surface area (Å²) in [4.78, 5) is 0. The van der Waals surface area contributed by atoms with Crippen LogP contribution in [0.5, 0.6) is 5.75 Å². The van der Waals surface area contributed by atoms with Crippen molar-refractivity contribution in [3.63, 3.8) is 0 Å². The summed E-state index contributed by atoms with van der Waals surface area (Å²) < 4.78 is 19.4. The highest BCUT2D eigenvalue weighted by Gasteiger charge is 2.05. The Kier molecular flexibility index (Phi) is 4.61. The van der Waals surface area contributed by atoms with E-state index in [2.05, 4.69) is 15.9 Å². The van der Waals surface area contributed by atoms with Crippen LogP contribution < -0.4 is 4.74 Å². The number of hydrogen-bond donors (Lipinski definition) is 0. The molecule has 0 aliphatic heterocycles. The predicted molar refractivity (Wildman–Crippen MR) is 74.4 cm³/mol. The number of ether oxygens (including phenoxy) is 1. The molecule has 2 aromatic carbocycles. The van der Waals surface area contributed by atoms with E-state index in [1.54, 1.807) is 6.07 Å². The highest BCUT2D eigenvalue weighted by Crippen LogP contribution is 2.22. The first-order valence-corrected chi connectivity index (χ1v) is 6.74. The molecule has 1 nitrogen and oxygen atoms in total. The van der Waals surface area contributed by atoms with Gasteiger partial charge in [0.1, 0.15) is 18.2 Å². The van der Waals surface area contributed by atoms with Crippen molar-refractivity contribution >= 4 is 27.5 Å². The molecule has 0 aliphatic carbocycles. The lowest BCUT2D eigenvalue weighted by Crippen LogP contribution is -1.98. The first-order valence-electron chi connectivity index (χ1n) is 5.41. The van der Waals surface area contributed by atoms with Gasteiger partial charge in [-0.25, -0.2) is 4.39 Å². The van der Waals surface area contributed by atoms with Gasteiger partial charge in [-0.15, -0.1) is 11.6 Å². The Morgan fingerprint density at radius 3 is 2.72 bits per heavy atom. The van der Waals surface area contributed by atoms with Crippen LogP contribution >= 0.6 is 27.5 Å². The average Bonchev–Trinajstić information content (AvgIpc) is 2.41. The van der Waals surface area contributed by atoms with Crippen molar-refractivity contribution in [3.8, 4) is 5.75 Å². The third-order valence-electron chi connectivity index (χ3n) is 2.48. The second-order valence-corrected chi connectivity index (χ2v) is 4.84. The third-order valence-corrected chi connectivity index (χ3v) is 3.68. The second-order valence-electron chi connectivity index (χ2n) is 3.78. The minimum atomic E-state index is -0.286. The van der Waals surface area contributed by atoms with Gasteiger partial charge in [-0.2, -0.15) is 0 Å². The van der Waals surface area contributed by atoms with Gasteiger partial charge >= 0.3 is 0 Å². The second kappa shape index (κ2) is 6.21. The maximum absolute atomic E-state index is 13.3. The molecule has 0 aliphatic rings. The van der Waals surface area contributed by atoms with Crippen LogP contribution in [-0.2, 0) is 12.5 Å². The Balaban J connectivity index is 2.09. The topological polar surface area (TPSA) is 9.23 Å². The van der Waals surface area contributed by atoms with Crippen LogP contribution in [0.3, 0.4) is 0 Å². The Hall–Kier alpha value is -1.06. The number of benzene rings is 2. The molecule has 0 fully saturated rings. The summed E-state index contributed by atoms with van der Waals surface area (Å²) in [6.45, 7) is 0.310. The van der Waals surface area contributed by atoms with E-state index in [0.29, 0.717) is 17.0 Å². The molecule has 0 bridgehead atoms. The van der Waals surface area contributed by atoms with E-state index < -0.39 is 0 Å². The average molecular weight is 330 g/mol.